The first-order valence-electron chi connectivity index (χ1n) is 9.33. The largest absolute Gasteiger partial charge is 0.350 e. The summed E-state index contributed by atoms with van der Waals surface area (Å²) in [4.78, 5) is 17.7. The number of nitrogens with zero attached hydrogens (tertiary/aromatic N) is 2. The average molecular weight is 323 g/mol. The van der Waals surface area contributed by atoms with E-state index in [0.717, 1.165) is 53.9 Å². The van der Waals surface area contributed by atoms with E-state index in [2.05, 4.69) is 23.3 Å². The van der Waals surface area contributed by atoms with Gasteiger partial charge >= 0.3 is 0 Å². The number of nitrogens with one attached hydrogen (secondary N) is 1. The van der Waals surface area contributed by atoms with Crippen LogP contribution in [0.25, 0.3) is 5.65 Å². The summed E-state index contributed by atoms with van der Waals surface area (Å²) >= 11 is 0. The molecule has 6 rings (SSSR count). The van der Waals surface area contributed by atoms with E-state index in [0.29, 0.717) is 6.54 Å². The molecular formula is C20H25N3O. The van der Waals surface area contributed by atoms with Crippen molar-refractivity contribution in [1.82, 2.24) is 14.7 Å². The Morgan fingerprint density at radius 2 is 1.92 bits per heavy atom. The van der Waals surface area contributed by atoms with E-state index in [-0.39, 0.29) is 11.3 Å². The molecule has 4 fully saturated rings. The molecule has 0 radical (unpaired) electrons. The second-order valence-electron chi connectivity index (χ2n) is 8.53. The molecule has 4 aliphatic carbocycles. The molecule has 4 heteroatoms. The van der Waals surface area contributed by atoms with Gasteiger partial charge in [-0.25, -0.2) is 4.98 Å². The van der Waals surface area contributed by atoms with Crippen LogP contribution in [-0.4, -0.2) is 15.3 Å². The predicted molar refractivity (Wildman–Crippen MR) is 92.4 cm³/mol. The third kappa shape index (κ3) is 2.19. The highest BCUT2D eigenvalue weighted by Gasteiger charge is 2.54. The molecule has 2 aromatic heterocycles. The van der Waals surface area contributed by atoms with Gasteiger partial charge in [-0.3, -0.25) is 4.79 Å². The maximum absolute atomic E-state index is 13.0. The van der Waals surface area contributed by atoms with Gasteiger partial charge in [0.05, 0.1) is 12.2 Å². The van der Waals surface area contributed by atoms with Crippen molar-refractivity contribution < 1.29 is 4.79 Å². The molecule has 4 bridgehead atoms. The first-order valence-corrected chi connectivity index (χ1v) is 9.33. The molecule has 0 aromatic carbocycles. The minimum Gasteiger partial charge on any atom is -0.350 e. The van der Waals surface area contributed by atoms with E-state index < -0.39 is 0 Å². The monoisotopic (exact) mass is 323 g/mol. The molecule has 2 aromatic rings. The van der Waals surface area contributed by atoms with Crippen molar-refractivity contribution in [3.05, 3.63) is 35.8 Å². The Balaban J connectivity index is 1.32. The Hall–Kier alpha value is -1.84. The molecule has 0 spiro atoms. The topological polar surface area (TPSA) is 46.4 Å². The standard InChI is InChI=1S/C20H25N3O/c1-13-3-2-4-23-12-17(22-18(13)23)11-21-19(24)20-8-14-5-15(9-20)7-16(6-14)10-20/h2-4,12,14-16H,5-11H2,1H3,(H,21,24). The highest BCUT2D eigenvalue weighted by atomic mass is 16.2. The number of aryl methyl sites for hydroxylation is 1. The third-order valence-electron chi connectivity index (χ3n) is 6.68. The van der Waals surface area contributed by atoms with Crippen LogP contribution < -0.4 is 5.32 Å². The molecule has 4 nitrogen and oxygen atoms in total. The zero-order valence-electron chi connectivity index (χ0n) is 14.3. The molecule has 0 aliphatic heterocycles. The number of carbonyl (C=O) groups is 1. The second kappa shape index (κ2) is 5.08. The minimum atomic E-state index is -0.0656. The normalized spacial score (nSPS) is 34.0. The summed E-state index contributed by atoms with van der Waals surface area (Å²) in [7, 11) is 0. The summed E-state index contributed by atoms with van der Waals surface area (Å²) in [6, 6.07) is 4.10. The summed E-state index contributed by atoms with van der Waals surface area (Å²) in [5, 5.41) is 3.22. The number of fused-ring (bicyclic) bond motifs is 1. The lowest BCUT2D eigenvalue weighted by molar-refractivity contribution is -0.146. The summed E-state index contributed by atoms with van der Waals surface area (Å²) in [6.07, 6.45) is 11.5. The molecule has 1 amide bonds. The maximum Gasteiger partial charge on any atom is 0.226 e. The number of aromatic nitrogens is 2. The lowest BCUT2D eigenvalue weighted by Crippen LogP contribution is -2.53. The molecule has 4 aliphatic rings. The van der Waals surface area contributed by atoms with Crippen molar-refractivity contribution in [2.24, 2.45) is 23.2 Å². The van der Waals surface area contributed by atoms with Gasteiger partial charge in [-0.2, -0.15) is 0 Å². The SMILES string of the molecule is Cc1cccn2cc(CNC(=O)C34CC5CC(CC(C5)C3)C4)nc12. The van der Waals surface area contributed by atoms with Gasteiger partial charge in [0.25, 0.3) is 0 Å². The highest BCUT2D eigenvalue weighted by molar-refractivity contribution is 5.83. The van der Waals surface area contributed by atoms with E-state index >= 15 is 0 Å². The van der Waals surface area contributed by atoms with Gasteiger partial charge < -0.3 is 9.72 Å². The average Bonchev–Trinajstić information content (AvgIpc) is 2.96. The highest BCUT2D eigenvalue weighted by Crippen LogP contribution is 2.60. The van der Waals surface area contributed by atoms with E-state index in [1.807, 2.05) is 22.9 Å². The van der Waals surface area contributed by atoms with Gasteiger partial charge in [-0.1, -0.05) is 6.07 Å². The molecule has 2 heterocycles. The molecule has 0 saturated heterocycles. The lowest BCUT2D eigenvalue weighted by atomic mass is 9.49. The second-order valence-corrected chi connectivity index (χ2v) is 8.53. The summed E-state index contributed by atoms with van der Waals surface area (Å²) in [6.45, 7) is 2.61. The number of amides is 1. The van der Waals surface area contributed by atoms with Crippen LogP contribution in [0.5, 0.6) is 0 Å². The van der Waals surface area contributed by atoms with Crippen LogP contribution in [0.3, 0.4) is 0 Å². The van der Waals surface area contributed by atoms with Gasteiger partial charge in [-0.15, -0.1) is 0 Å². The zero-order valence-corrected chi connectivity index (χ0v) is 14.3. The van der Waals surface area contributed by atoms with E-state index in [9.17, 15) is 4.79 Å². The van der Waals surface area contributed by atoms with Gasteiger partial charge in [0.15, 0.2) is 0 Å². The van der Waals surface area contributed by atoms with Crippen molar-refractivity contribution in [3.63, 3.8) is 0 Å². The maximum atomic E-state index is 13.0. The van der Waals surface area contributed by atoms with Gasteiger partial charge in [0.1, 0.15) is 5.65 Å². The van der Waals surface area contributed by atoms with Crippen LogP contribution in [-0.2, 0) is 11.3 Å². The van der Waals surface area contributed by atoms with Crippen molar-refractivity contribution in [2.45, 2.75) is 52.0 Å². The number of hydrogen-bond donors (Lipinski definition) is 1. The Kier molecular flexibility index (Phi) is 3.07. The Bertz CT molecular complexity index is 771. The summed E-state index contributed by atoms with van der Waals surface area (Å²) < 4.78 is 2.04. The van der Waals surface area contributed by atoms with Crippen molar-refractivity contribution in [2.75, 3.05) is 0 Å². The first-order chi connectivity index (χ1) is 11.6. The predicted octanol–water partition coefficient (Wildman–Crippen LogP) is 3.48. The van der Waals surface area contributed by atoms with E-state index in [4.69, 9.17) is 0 Å². The van der Waals surface area contributed by atoms with Gasteiger partial charge in [-0.05, 0) is 74.8 Å². The lowest BCUT2D eigenvalue weighted by Gasteiger charge is -2.55. The molecule has 4 saturated carbocycles. The van der Waals surface area contributed by atoms with Crippen LogP contribution in [0.1, 0.15) is 49.8 Å². The van der Waals surface area contributed by atoms with Crippen LogP contribution in [0.2, 0.25) is 0 Å². The number of carbonyl (C=O) groups excluding carboxylic acids is 1. The van der Waals surface area contributed by atoms with Crippen molar-refractivity contribution in [1.29, 1.82) is 0 Å². The number of pyridine rings is 1. The molecule has 126 valence electrons. The van der Waals surface area contributed by atoms with Gasteiger partial charge in [0.2, 0.25) is 5.91 Å². The van der Waals surface area contributed by atoms with Gasteiger partial charge in [0, 0.05) is 17.8 Å². The van der Waals surface area contributed by atoms with Crippen molar-refractivity contribution in [3.8, 4) is 0 Å². The summed E-state index contributed by atoms with van der Waals surface area (Å²) in [5.74, 6) is 2.70. The molecule has 0 atom stereocenters. The summed E-state index contributed by atoms with van der Waals surface area (Å²) in [5.41, 5.74) is 3.03. The molecule has 0 unspecified atom stereocenters. The van der Waals surface area contributed by atoms with Crippen LogP contribution in [0.15, 0.2) is 24.5 Å². The zero-order chi connectivity index (χ0) is 16.3. The molecule has 24 heavy (non-hydrogen) atoms. The number of imidazole rings is 1. The Labute approximate surface area is 142 Å². The number of hydrogen-bond acceptors (Lipinski definition) is 2. The molecule has 1 N–H and O–H groups in total. The number of rotatable bonds is 3. The Morgan fingerprint density at radius 3 is 2.54 bits per heavy atom. The fourth-order valence-electron chi connectivity index (χ4n) is 6.04. The fraction of sp³-hybridized carbons (Fsp3) is 0.600. The van der Waals surface area contributed by atoms with Crippen molar-refractivity contribution >= 4 is 11.6 Å². The van der Waals surface area contributed by atoms with E-state index in [1.165, 1.54) is 19.3 Å². The smallest absolute Gasteiger partial charge is 0.226 e. The fourth-order valence-corrected chi connectivity index (χ4v) is 6.04. The first kappa shape index (κ1) is 14.5. The third-order valence-corrected chi connectivity index (χ3v) is 6.68. The van der Waals surface area contributed by atoms with E-state index in [1.54, 1.807) is 0 Å². The van der Waals surface area contributed by atoms with Crippen LogP contribution in [0.4, 0.5) is 0 Å². The minimum absolute atomic E-state index is 0.0656. The Morgan fingerprint density at radius 1 is 1.25 bits per heavy atom. The van der Waals surface area contributed by atoms with Crippen LogP contribution >= 0.6 is 0 Å². The van der Waals surface area contributed by atoms with Crippen LogP contribution in [0, 0.1) is 30.1 Å². The molecular weight excluding hydrogens is 298 g/mol. The quantitative estimate of drug-likeness (QED) is 0.940.